The molecule has 1 aromatic rings. The summed E-state index contributed by atoms with van der Waals surface area (Å²) in [6.45, 7) is 7.98. The molecule has 1 aliphatic rings. The van der Waals surface area contributed by atoms with E-state index in [9.17, 15) is 13.5 Å². The molecule has 0 aliphatic carbocycles. The van der Waals surface area contributed by atoms with Gasteiger partial charge in [-0.25, -0.2) is 8.42 Å². The normalized spacial score (nSPS) is 22.4. The summed E-state index contributed by atoms with van der Waals surface area (Å²) in [5, 5.41) is 9.18. The number of ether oxygens (including phenoxy) is 1. The van der Waals surface area contributed by atoms with Gasteiger partial charge in [0, 0.05) is 18.0 Å². The Balaban J connectivity index is 2.41. The monoisotopic (exact) mass is 397 g/mol. The molecular weight excluding hydrogens is 378 g/mol. The Morgan fingerprint density at radius 1 is 1.33 bits per heavy atom. The molecule has 8 heteroatoms. The van der Waals surface area contributed by atoms with Gasteiger partial charge in [-0.15, -0.1) is 11.3 Å². The number of hydrogen-bond donors (Lipinski definition) is 1. The molecule has 1 fully saturated rings. The first kappa shape index (κ1) is 17.4. The highest BCUT2D eigenvalue weighted by atomic mass is 79.9. The van der Waals surface area contributed by atoms with Crippen molar-refractivity contribution in [3.8, 4) is 0 Å². The van der Waals surface area contributed by atoms with Gasteiger partial charge in [0.15, 0.2) is 0 Å². The van der Waals surface area contributed by atoms with Crippen LogP contribution in [0, 0.1) is 0 Å². The molecule has 0 aromatic carbocycles. The third-order valence-corrected chi connectivity index (χ3v) is 7.18. The van der Waals surface area contributed by atoms with Crippen molar-refractivity contribution in [3.05, 3.63) is 14.7 Å². The number of thiophene rings is 1. The second-order valence-corrected chi connectivity index (χ2v) is 10.8. The average molecular weight is 398 g/mol. The largest absolute Gasteiger partial charge is 0.391 e. The van der Waals surface area contributed by atoms with Crippen molar-refractivity contribution in [1.82, 2.24) is 4.31 Å². The minimum absolute atomic E-state index is 0.168. The topological polar surface area (TPSA) is 66.8 Å². The van der Waals surface area contributed by atoms with Gasteiger partial charge >= 0.3 is 0 Å². The molecule has 2 heterocycles. The van der Waals surface area contributed by atoms with Gasteiger partial charge in [0.05, 0.1) is 21.6 Å². The number of sulfonamides is 1. The number of halogens is 1. The van der Waals surface area contributed by atoms with Crippen LogP contribution in [0.2, 0.25) is 0 Å². The maximum atomic E-state index is 12.9. The van der Waals surface area contributed by atoms with Gasteiger partial charge < -0.3 is 9.84 Å². The molecule has 0 radical (unpaired) electrons. The molecule has 1 aliphatic heterocycles. The molecule has 21 heavy (non-hydrogen) atoms. The number of aliphatic hydroxyl groups excluding tert-OH is 1. The minimum Gasteiger partial charge on any atom is -0.391 e. The van der Waals surface area contributed by atoms with Crippen LogP contribution in [0.15, 0.2) is 14.7 Å². The summed E-state index contributed by atoms with van der Waals surface area (Å²) in [6.07, 6.45) is 0. The first-order chi connectivity index (χ1) is 9.47. The molecule has 0 bridgehead atoms. The maximum Gasteiger partial charge on any atom is 0.245 e. The predicted octanol–water partition coefficient (Wildman–Crippen LogP) is 2.58. The van der Waals surface area contributed by atoms with Gasteiger partial charge in [-0.2, -0.15) is 4.31 Å². The van der Waals surface area contributed by atoms with Crippen molar-refractivity contribution < 1.29 is 18.3 Å². The zero-order valence-electron chi connectivity index (χ0n) is 12.5. The number of morpholine rings is 1. The zero-order valence-corrected chi connectivity index (χ0v) is 15.7. The molecule has 1 aromatic heterocycles. The predicted molar refractivity (Wildman–Crippen MR) is 85.9 cm³/mol. The van der Waals surface area contributed by atoms with Gasteiger partial charge in [0.2, 0.25) is 10.0 Å². The van der Waals surface area contributed by atoms with E-state index in [-0.39, 0.29) is 11.5 Å². The Hall–Kier alpha value is 0.01000. The lowest BCUT2D eigenvalue weighted by molar-refractivity contribution is -0.163. The second kappa shape index (κ2) is 5.58. The molecule has 0 unspecified atom stereocenters. The Kier molecular flexibility index (Phi) is 4.61. The van der Waals surface area contributed by atoms with Crippen LogP contribution >= 0.6 is 27.3 Å². The van der Waals surface area contributed by atoms with Gasteiger partial charge in [-0.3, -0.25) is 0 Å². The quantitative estimate of drug-likeness (QED) is 0.850. The fraction of sp³-hybridized carbons (Fsp3) is 0.692. The van der Waals surface area contributed by atoms with Crippen molar-refractivity contribution in [1.29, 1.82) is 0 Å². The fourth-order valence-corrected chi connectivity index (χ4v) is 6.91. The SMILES string of the molecule is CC1(C)CN(S(=O)(=O)c2cc(CO)sc2Br)CC(C)(C)O1. The summed E-state index contributed by atoms with van der Waals surface area (Å²) < 4.78 is 33.7. The number of nitrogens with zero attached hydrogens (tertiary/aromatic N) is 1. The molecule has 120 valence electrons. The standard InChI is InChI=1S/C13H20BrNO4S2/c1-12(2)7-15(8-13(3,4)19-12)21(17,18)10-5-9(6-16)20-11(10)14/h5,16H,6-8H2,1-4H3. The van der Waals surface area contributed by atoms with Crippen LogP contribution in [0.3, 0.4) is 0 Å². The van der Waals surface area contributed by atoms with E-state index in [4.69, 9.17) is 4.74 Å². The van der Waals surface area contributed by atoms with E-state index < -0.39 is 21.2 Å². The Labute approximate surface area is 138 Å². The van der Waals surface area contributed by atoms with Crippen LogP contribution in [0.5, 0.6) is 0 Å². The summed E-state index contributed by atoms with van der Waals surface area (Å²) >= 11 is 4.52. The van der Waals surface area contributed by atoms with E-state index in [1.54, 1.807) is 0 Å². The van der Waals surface area contributed by atoms with Crippen LogP contribution in [-0.4, -0.2) is 42.1 Å². The van der Waals surface area contributed by atoms with E-state index in [1.807, 2.05) is 27.7 Å². The summed E-state index contributed by atoms with van der Waals surface area (Å²) in [4.78, 5) is 0.831. The van der Waals surface area contributed by atoms with Crippen molar-refractivity contribution in [2.45, 2.75) is 50.4 Å². The van der Waals surface area contributed by atoms with E-state index >= 15 is 0 Å². The van der Waals surface area contributed by atoms with E-state index in [2.05, 4.69) is 15.9 Å². The van der Waals surface area contributed by atoms with Crippen molar-refractivity contribution >= 4 is 37.3 Å². The fourth-order valence-electron chi connectivity index (χ4n) is 2.68. The lowest BCUT2D eigenvalue weighted by atomic mass is 10.0. The van der Waals surface area contributed by atoms with Gasteiger partial charge in [0.1, 0.15) is 4.90 Å². The smallest absolute Gasteiger partial charge is 0.245 e. The highest BCUT2D eigenvalue weighted by Crippen LogP contribution is 2.37. The lowest BCUT2D eigenvalue weighted by Crippen LogP contribution is -2.58. The van der Waals surface area contributed by atoms with E-state index in [0.29, 0.717) is 21.8 Å². The Morgan fingerprint density at radius 2 is 1.86 bits per heavy atom. The number of hydrogen-bond acceptors (Lipinski definition) is 5. The van der Waals surface area contributed by atoms with Crippen LogP contribution in [0.25, 0.3) is 0 Å². The lowest BCUT2D eigenvalue weighted by Gasteiger charge is -2.46. The second-order valence-electron chi connectivity index (χ2n) is 6.40. The summed E-state index contributed by atoms with van der Waals surface area (Å²) in [5.41, 5.74) is -1.09. The molecule has 0 atom stereocenters. The minimum atomic E-state index is -3.62. The van der Waals surface area contributed by atoms with Crippen molar-refractivity contribution in [2.24, 2.45) is 0 Å². The zero-order chi connectivity index (χ0) is 16.1. The number of aliphatic hydroxyl groups is 1. The van der Waals surface area contributed by atoms with E-state index in [0.717, 1.165) is 0 Å². The van der Waals surface area contributed by atoms with Crippen LogP contribution in [-0.2, 0) is 21.4 Å². The average Bonchev–Trinajstić information content (AvgIpc) is 2.67. The first-order valence-electron chi connectivity index (χ1n) is 6.56. The Morgan fingerprint density at radius 3 is 2.29 bits per heavy atom. The Bertz CT molecular complexity index is 621. The van der Waals surface area contributed by atoms with E-state index in [1.165, 1.54) is 21.7 Å². The third-order valence-electron chi connectivity index (χ3n) is 3.15. The maximum absolute atomic E-state index is 12.9. The summed E-state index contributed by atoms with van der Waals surface area (Å²) in [6, 6.07) is 1.53. The van der Waals surface area contributed by atoms with Crippen molar-refractivity contribution in [3.63, 3.8) is 0 Å². The highest BCUT2D eigenvalue weighted by molar-refractivity contribution is 9.11. The highest BCUT2D eigenvalue weighted by Gasteiger charge is 2.43. The van der Waals surface area contributed by atoms with Gasteiger partial charge in [-0.05, 0) is 49.7 Å². The molecule has 0 spiro atoms. The summed E-state index contributed by atoms with van der Waals surface area (Å²) in [7, 11) is -3.62. The molecular formula is C13H20BrNO4S2. The molecule has 2 rings (SSSR count). The molecule has 1 saturated heterocycles. The molecule has 5 nitrogen and oxygen atoms in total. The summed E-state index contributed by atoms with van der Waals surface area (Å²) in [5.74, 6) is 0. The van der Waals surface area contributed by atoms with Crippen LogP contribution in [0.4, 0.5) is 0 Å². The van der Waals surface area contributed by atoms with Crippen LogP contribution in [0.1, 0.15) is 32.6 Å². The first-order valence-corrected chi connectivity index (χ1v) is 9.61. The third kappa shape index (κ3) is 3.68. The van der Waals surface area contributed by atoms with Crippen molar-refractivity contribution in [2.75, 3.05) is 13.1 Å². The molecule has 0 amide bonds. The van der Waals surface area contributed by atoms with Crippen LogP contribution < -0.4 is 0 Å². The molecule has 0 saturated carbocycles. The molecule has 1 N–H and O–H groups in total. The van der Waals surface area contributed by atoms with Gasteiger partial charge in [-0.1, -0.05) is 0 Å². The van der Waals surface area contributed by atoms with Gasteiger partial charge in [0.25, 0.3) is 0 Å². The number of rotatable bonds is 3.